The van der Waals surface area contributed by atoms with Crippen molar-refractivity contribution >= 4 is 34.4 Å². The summed E-state index contributed by atoms with van der Waals surface area (Å²) in [6.07, 6.45) is 0.0697. The van der Waals surface area contributed by atoms with Crippen molar-refractivity contribution in [1.82, 2.24) is 4.98 Å². The zero-order chi connectivity index (χ0) is 19.4. The number of anilines is 1. The SMILES string of the molecule is Cc1[nH]c2ccccc2c1CC(=O)OCC(=O)Nc1cccc(C(N)=O)c1. The average Bonchev–Trinajstić information content (AvgIpc) is 2.96. The van der Waals surface area contributed by atoms with Crippen LogP contribution in [-0.4, -0.2) is 29.4 Å². The molecule has 0 spiro atoms. The van der Waals surface area contributed by atoms with E-state index >= 15 is 0 Å². The molecule has 1 heterocycles. The van der Waals surface area contributed by atoms with Crippen LogP contribution in [0, 0.1) is 6.92 Å². The summed E-state index contributed by atoms with van der Waals surface area (Å²) in [5, 5.41) is 3.52. The van der Waals surface area contributed by atoms with Crippen LogP contribution in [0.5, 0.6) is 0 Å². The topological polar surface area (TPSA) is 114 Å². The number of hydrogen-bond donors (Lipinski definition) is 3. The van der Waals surface area contributed by atoms with E-state index in [0.717, 1.165) is 22.2 Å². The van der Waals surface area contributed by atoms with Crippen LogP contribution in [0.25, 0.3) is 10.9 Å². The average molecular weight is 365 g/mol. The Hall–Kier alpha value is -3.61. The van der Waals surface area contributed by atoms with Gasteiger partial charge in [-0.25, -0.2) is 0 Å². The van der Waals surface area contributed by atoms with Gasteiger partial charge in [0.25, 0.3) is 5.91 Å². The van der Waals surface area contributed by atoms with Gasteiger partial charge in [0.05, 0.1) is 6.42 Å². The summed E-state index contributed by atoms with van der Waals surface area (Å²) in [6, 6.07) is 13.9. The molecule has 0 atom stereocenters. The molecule has 0 bridgehead atoms. The highest BCUT2D eigenvalue weighted by atomic mass is 16.5. The molecular weight excluding hydrogens is 346 g/mol. The fourth-order valence-corrected chi connectivity index (χ4v) is 2.85. The molecule has 0 radical (unpaired) electrons. The quantitative estimate of drug-likeness (QED) is 0.582. The van der Waals surface area contributed by atoms with Crippen LogP contribution in [0.3, 0.4) is 0 Å². The van der Waals surface area contributed by atoms with E-state index in [2.05, 4.69) is 10.3 Å². The summed E-state index contributed by atoms with van der Waals surface area (Å²) in [6.45, 7) is 1.47. The summed E-state index contributed by atoms with van der Waals surface area (Å²) in [7, 11) is 0. The fourth-order valence-electron chi connectivity index (χ4n) is 2.85. The number of hydrogen-bond acceptors (Lipinski definition) is 4. The summed E-state index contributed by atoms with van der Waals surface area (Å²) in [5.41, 5.74) is 8.58. The van der Waals surface area contributed by atoms with Gasteiger partial charge in [-0.1, -0.05) is 24.3 Å². The third-order valence-corrected chi connectivity index (χ3v) is 4.14. The molecule has 0 aliphatic rings. The lowest BCUT2D eigenvalue weighted by atomic mass is 10.1. The van der Waals surface area contributed by atoms with E-state index in [4.69, 9.17) is 10.5 Å². The number of benzene rings is 2. The van der Waals surface area contributed by atoms with Gasteiger partial charge in [-0.15, -0.1) is 0 Å². The molecule has 0 aliphatic carbocycles. The number of amides is 2. The second kappa shape index (κ2) is 7.74. The minimum Gasteiger partial charge on any atom is -0.455 e. The van der Waals surface area contributed by atoms with Gasteiger partial charge in [0, 0.05) is 27.8 Å². The lowest BCUT2D eigenvalue weighted by molar-refractivity contribution is -0.146. The number of carbonyl (C=O) groups is 3. The van der Waals surface area contributed by atoms with Gasteiger partial charge in [-0.05, 0) is 36.8 Å². The monoisotopic (exact) mass is 365 g/mol. The zero-order valence-electron chi connectivity index (χ0n) is 14.7. The van der Waals surface area contributed by atoms with Crippen LogP contribution in [0.2, 0.25) is 0 Å². The number of ether oxygens (including phenoxy) is 1. The number of aromatic amines is 1. The smallest absolute Gasteiger partial charge is 0.310 e. The number of carbonyl (C=O) groups excluding carboxylic acids is 3. The highest BCUT2D eigenvalue weighted by Crippen LogP contribution is 2.22. The summed E-state index contributed by atoms with van der Waals surface area (Å²) in [5.74, 6) is -1.59. The van der Waals surface area contributed by atoms with Crippen molar-refractivity contribution in [2.75, 3.05) is 11.9 Å². The zero-order valence-corrected chi connectivity index (χ0v) is 14.7. The van der Waals surface area contributed by atoms with Gasteiger partial charge in [0.1, 0.15) is 0 Å². The van der Waals surface area contributed by atoms with Crippen molar-refractivity contribution in [3.05, 3.63) is 65.4 Å². The Morgan fingerprint density at radius 3 is 2.67 bits per heavy atom. The van der Waals surface area contributed by atoms with E-state index in [1.807, 2.05) is 31.2 Å². The molecule has 1 aromatic heterocycles. The molecule has 27 heavy (non-hydrogen) atoms. The predicted molar refractivity (Wildman–Crippen MR) is 101 cm³/mol. The van der Waals surface area contributed by atoms with E-state index in [-0.39, 0.29) is 12.0 Å². The lowest BCUT2D eigenvalue weighted by Crippen LogP contribution is -2.22. The third-order valence-electron chi connectivity index (χ3n) is 4.14. The molecule has 2 aromatic carbocycles. The number of aromatic nitrogens is 1. The Balaban J connectivity index is 1.57. The number of esters is 1. The molecule has 7 nitrogen and oxygen atoms in total. The third kappa shape index (κ3) is 4.33. The summed E-state index contributed by atoms with van der Waals surface area (Å²) in [4.78, 5) is 38.5. The molecule has 0 aliphatic heterocycles. The van der Waals surface area contributed by atoms with E-state index in [0.29, 0.717) is 5.69 Å². The maximum Gasteiger partial charge on any atom is 0.310 e. The van der Waals surface area contributed by atoms with E-state index in [9.17, 15) is 14.4 Å². The first-order chi connectivity index (χ1) is 12.9. The number of nitrogens with one attached hydrogen (secondary N) is 2. The Morgan fingerprint density at radius 2 is 1.89 bits per heavy atom. The normalized spacial score (nSPS) is 10.6. The van der Waals surface area contributed by atoms with Crippen LogP contribution >= 0.6 is 0 Å². The first-order valence-corrected chi connectivity index (χ1v) is 8.35. The van der Waals surface area contributed by atoms with Crippen molar-refractivity contribution in [3.63, 3.8) is 0 Å². The molecular formula is C20H19N3O4. The lowest BCUT2D eigenvalue weighted by Gasteiger charge is -2.08. The van der Waals surface area contributed by atoms with Crippen LogP contribution in [0.1, 0.15) is 21.6 Å². The summed E-state index contributed by atoms with van der Waals surface area (Å²) < 4.78 is 5.07. The van der Waals surface area contributed by atoms with Crippen LogP contribution in [0.4, 0.5) is 5.69 Å². The maximum absolute atomic E-state index is 12.1. The Morgan fingerprint density at radius 1 is 1.11 bits per heavy atom. The second-order valence-electron chi connectivity index (χ2n) is 6.10. The number of aryl methyl sites for hydroxylation is 1. The number of para-hydroxylation sites is 1. The van der Waals surface area contributed by atoms with Gasteiger partial charge in [-0.2, -0.15) is 0 Å². The minimum atomic E-state index is -0.591. The van der Waals surface area contributed by atoms with E-state index < -0.39 is 24.4 Å². The Labute approximate surface area is 155 Å². The number of fused-ring (bicyclic) bond motifs is 1. The second-order valence-corrected chi connectivity index (χ2v) is 6.10. The number of primary amides is 1. The van der Waals surface area contributed by atoms with Crippen molar-refractivity contribution in [3.8, 4) is 0 Å². The van der Waals surface area contributed by atoms with Crippen molar-refractivity contribution in [2.45, 2.75) is 13.3 Å². The Kier molecular flexibility index (Phi) is 5.21. The molecule has 4 N–H and O–H groups in total. The molecule has 0 saturated heterocycles. The summed E-state index contributed by atoms with van der Waals surface area (Å²) >= 11 is 0. The first kappa shape index (κ1) is 18.2. The molecule has 3 aromatic rings. The fraction of sp³-hybridized carbons (Fsp3) is 0.150. The number of nitrogens with two attached hydrogens (primary N) is 1. The van der Waals surface area contributed by atoms with Gasteiger partial charge >= 0.3 is 5.97 Å². The predicted octanol–water partition coefficient (Wildman–Crippen LogP) is 2.30. The van der Waals surface area contributed by atoms with Crippen molar-refractivity contribution < 1.29 is 19.1 Å². The van der Waals surface area contributed by atoms with E-state index in [1.54, 1.807) is 18.2 Å². The van der Waals surface area contributed by atoms with Crippen LogP contribution < -0.4 is 11.1 Å². The van der Waals surface area contributed by atoms with Crippen molar-refractivity contribution in [1.29, 1.82) is 0 Å². The van der Waals surface area contributed by atoms with Gasteiger partial charge < -0.3 is 20.8 Å². The molecule has 0 fully saturated rings. The largest absolute Gasteiger partial charge is 0.455 e. The molecule has 0 unspecified atom stereocenters. The standard InChI is InChI=1S/C20H19N3O4/c1-12-16(15-7-2-3-8-17(15)22-12)10-19(25)27-11-18(24)23-14-6-4-5-13(9-14)20(21)26/h2-9,22H,10-11H2,1H3,(H2,21,26)(H,23,24). The molecule has 3 rings (SSSR count). The molecule has 7 heteroatoms. The van der Waals surface area contributed by atoms with E-state index in [1.165, 1.54) is 6.07 Å². The minimum absolute atomic E-state index is 0.0697. The number of rotatable bonds is 6. The maximum atomic E-state index is 12.1. The molecule has 138 valence electrons. The Bertz CT molecular complexity index is 1020. The molecule has 0 saturated carbocycles. The highest BCUT2D eigenvalue weighted by molar-refractivity contribution is 5.97. The van der Waals surface area contributed by atoms with Gasteiger partial charge in [0.15, 0.2) is 6.61 Å². The highest BCUT2D eigenvalue weighted by Gasteiger charge is 2.14. The van der Waals surface area contributed by atoms with Crippen LogP contribution in [-0.2, 0) is 20.7 Å². The van der Waals surface area contributed by atoms with Gasteiger partial charge in [-0.3, -0.25) is 14.4 Å². The number of H-pyrrole nitrogens is 1. The first-order valence-electron chi connectivity index (χ1n) is 8.35. The molecule has 2 amide bonds. The van der Waals surface area contributed by atoms with Crippen molar-refractivity contribution in [2.24, 2.45) is 5.73 Å². The van der Waals surface area contributed by atoms with Gasteiger partial charge in [0.2, 0.25) is 5.91 Å². The van der Waals surface area contributed by atoms with Crippen LogP contribution in [0.15, 0.2) is 48.5 Å².